The van der Waals surface area contributed by atoms with E-state index in [0.29, 0.717) is 6.61 Å². The molecule has 0 amide bonds. The van der Waals surface area contributed by atoms with Crippen LogP contribution in [0.25, 0.3) is 0 Å². The van der Waals surface area contributed by atoms with Crippen LogP contribution in [0.1, 0.15) is 26.2 Å². The maximum atomic E-state index is 13.7. The van der Waals surface area contributed by atoms with Crippen LogP contribution in [-0.2, 0) is 4.74 Å². The molecule has 0 aliphatic carbocycles. The van der Waals surface area contributed by atoms with Crippen LogP contribution in [0.5, 0.6) is 0 Å². The van der Waals surface area contributed by atoms with Crippen LogP contribution >= 0.6 is 0 Å². The molecule has 104 valence electrons. The molecular formula is C13H17FN2O3. The molecule has 1 heterocycles. The van der Waals surface area contributed by atoms with Gasteiger partial charge in [0.15, 0.2) is 0 Å². The highest BCUT2D eigenvalue weighted by Gasteiger charge is 2.22. The summed E-state index contributed by atoms with van der Waals surface area (Å²) in [6, 6.07) is 3.62. The van der Waals surface area contributed by atoms with E-state index >= 15 is 0 Å². The number of anilines is 1. The molecule has 1 aliphatic rings. The van der Waals surface area contributed by atoms with Crippen LogP contribution in [0.3, 0.4) is 0 Å². The average Bonchev–Trinajstić information content (AvgIpc) is 2.41. The molecule has 1 fully saturated rings. The van der Waals surface area contributed by atoms with E-state index in [1.165, 1.54) is 12.1 Å². The van der Waals surface area contributed by atoms with Crippen molar-refractivity contribution in [2.75, 3.05) is 11.9 Å². The summed E-state index contributed by atoms with van der Waals surface area (Å²) < 4.78 is 19.2. The summed E-state index contributed by atoms with van der Waals surface area (Å²) in [7, 11) is 0. The maximum Gasteiger partial charge on any atom is 0.271 e. The van der Waals surface area contributed by atoms with E-state index in [4.69, 9.17) is 4.74 Å². The quantitative estimate of drug-likeness (QED) is 0.673. The molecule has 5 nitrogen and oxygen atoms in total. The average molecular weight is 268 g/mol. The predicted molar refractivity (Wildman–Crippen MR) is 69.7 cm³/mol. The minimum absolute atomic E-state index is 0.0928. The Bertz CT molecular complexity index is 467. The van der Waals surface area contributed by atoms with Gasteiger partial charge in [-0.2, -0.15) is 0 Å². The highest BCUT2D eigenvalue weighted by atomic mass is 19.1. The third kappa shape index (κ3) is 3.41. The van der Waals surface area contributed by atoms with E-state index in [1.807, 2.05) is 6.92 Å². The van der Waals surface area contributed by atoms with E-state index < -0.39 is 10.7 Å². The molecule has 2 atom stereocenters. The van der Waals surface area contributed by atoms with Crippen molar-refractivity contribution >= 4 is 11.4 Å². The Morgan fingerprint density at radius 3 is 3.05 bits per heavy atom. The third-order valence-corrected chi connectivity index (χ3v) is 3.34. The summed E-state index contributed by atoms with van der Waals surface area (Å²) in [6.45, 7) is 2.67. The molecule has 2 rings (SSSR count). The number of nitro groups is 1. The molecule has 19 heavy (non-hydrogen) atoms. The Morgan fingerprint density at radius 2 is 2.37 bits per heavy atom. The number of hydrogen-bond acceptors (Lipinski definition) is 4. The molecular weight excluding hydrogens is 251 g/mol. The molecule has 1 aliphatic heterocycles. The molecule has 1 saturated heterocycles. The zero-order chi connectivity index (χ0) is 13.8. The Balaban J connectivity index is 2.09. The van der Waals surface area contributed by atoms with Gasteiger partial charge in [0.2, 0.25) is 0 Å². The zero-order valence-corrected chi connectivity index (χ0v) is 10.8. The van der Waals surface area contributed by atoms with Gasteiger partial charge >= 0.3 is 0 Å². The van der Waals surface area contributed by atoms with Gasteiger partial charge in [-0.25, -0.2) is 4.39 Å². The molecule has 0 spiro atoms. The van der Waals surface area contributed by atoms with Crippen molar-refractivity contribution in [1.29, 1.82) is 0 Å². The largest absolute Gasteiger partial charge is 0.380 e. The van der Waals surface area contributed by atoms with E-state index in [2.05, 4.69) is 5.32 Å². The van der Waals surface area contributed by atoms with Gasteiger partial charge in [0.25, 0.3) is 5.69 Å². The zero-order valence-electron chi connectivity index (χ0n) is 10.8. The number of non-ortho nitro benzene ring substituents is 1. The fourth-order valence-electron chi connectivity index (χ4n) is 2.25. The first-order valence-electron chi connectivity index (χ1n) is 6.42. The van der Waals surface area contributed by atoms with Crippen molar-refractivity contribution in [3.05, 3.63) is 34.1 Å². The fourth-order valence-corrected chi connectivity index (χ4v) is 2.25. The minimum atomic E-state index is -0.524. The number of ether oxygens (including phenoxy) is 1. The van der Waals surface area contributed by atoms with Crippen molar-refractivity contribution in [3.63, 3.8) is 0 Å². The summed E-state index contributed by atoms with van der Waals surface area (Å²) >= 11 is 0. The molecule has 1 aromatic carbocycles. The first kappa shape index (κ1) is 13.7. The minimum Gasteiger partial charge on any atom is -0.380 e. The molecule has 0 saturated carbocycles. The topological polar surface area (TPSA) is 64.4 Å². The number of nitro benzene ring substituents is 1. The van der Waals surface area contributed by atoms with Crippen LogP contribution < -0.4 is 5.32 Å². The maximum absolute atomic E-state index is 13.7. The molecule has 2 unspecified atom stereocenters. The summed E-state index contributed by atoms with van der Waals surface area (Å²) in [6.07, 6.45) is 2.65. The Labute approximate surface area is 110 Å². The lowest BCUT2D eigenvalue weighted by atomic mass is 10.0. The number of halogens is 1. The fraction of sp³-hybridized carbons (Fsp3) is 0.538. The van der Waals surface area contributed by atoms with Gasteiger partial charge < -0.3 is 10.1 Å². The van der Waals surface area contributed by atoms with Crippen LogP contribution in [0.4, 0.5) is 15.8 Å². The van der Waals surface area contributed by atoms with E-state index in [1.54, 1.807) is 0 Å². The molecule has 0 bridgehead atoms. The van der Waals surface area contributed by atoms with Crippen LogP contribution in [0.15, 0.2) is 18.2 Å². The highest BCUT2D eigenvalue weighted by Crippen LogP contribution is 2.25. The number of rotatable bonds is 4. The molecule has 0 radical (unpaired) electrons. The number of nitrogens with one attached hydrogen (secondary N) is 1. The Hall–Kier alpha value is -1.69. The lowest BCUT2D eigenvalue weighted by Crippen LogP contribution is -2.33. The van der Waals surface area contributed by atoms with E-state index in [-0.39, 0.29) is 23.5 Å². The molecule has 0 aromatic heterocycles. The van der Waals surface area contributed by atoms with Gasteiger partial charge in [0.1, 0.15) is 5.82 Å². The van der Waals surface area contributed by atoms with Gasteiger partial charge in [-0.15, -0.1) is 0 Å². The number of nitrogens with zero attached hydrogens (tertiary/aromatic N) is 1. The van der Waals surface area contributed by atoms with Crippen LogP contribution in [-0.4, -0.2) is 23.7 Å². The van der Waals surface area contributed by atoms with Crippen molar-refractivity contribution in [2.45, 2.75) is 38.3 Å². The SMILES string of the molecule is CCC1CC(Nc2cc([N+](=O)[O-])ccc2F)CCO1. The highest BCUT2D eigenvalue weighted by molar-refractivity contribution is 5.52. The second-order valence-electron chi connectivity index (χ2n) is 4.69. The van der Waals surface area contributed by atoms with Gasteiger partial charge in [0.05, 0.1) is 16.7 Å². The Morgan fingerprint density at radius 1 is 1.58 bits per heavy atom. The lowest BCUT2D eigenvalue weighted by Gasteiger charge is -2.30. The number of benzene rings is 1. The van der Waals surface area contributed by atoms with Crippen LogP contribution in [0.2, 0.25) is 0 Å². The smallest absolute Gasteiger partial charge is 0.271 e. The van der Waals surface area contributed by atoms with E-state index in [0.717, 1.165) is 25.3 Å². The first-order valence-corrected chi connectivity index (χ1v) is 6.42. The van der Waals surface area contributed by atoms with Crippen LogP contribution in [0, 0.1) is 15.9 Å². The van der Waals surface area contributed by atoms with Gasteiger partial charge in [-0.1, -0.05) is 6.92 Å². The standard InChI is InChI=1S/C13H17FN2O3/c1-2-11-7-9(5-6-19-11)15-13-8-10(16(17)18)3-4-12(13)14/h3-4,8-9,11,15H,2,5-7H2,1H3. The second-order valence-corrected chi connectivity index (χ2v) is 4.69. The van der Waals surface area contributed by atoms with Crippen molar-refractivity contribution in [1.82, 2.24) is 0 Å². The monoisotopic (exact) mass is 268 g/mol. The normalized spacial score (nSPS) is 23.1. The van der Waals surface area contributed by atoms with E-state index in [9.17, 15) is 14.5 Å². The third-order valence-electron chi connectivity index (χ3n) is 3.34. The van der Waals surface area contributed by atoms with Crippen molar-refractivity contribution in [2.24, 2.45) is 0 Å². The molecule has 1 N–H and O–H groups in total. The number of hydrogen-bond donors (Lipinski definition) is 1. The van der Waals surface area contributed by atoms with Crippen molar-refractivity contribution in [3.8, 4) is 0 Å². The summed E-state index contributed by atoms with van der Waals surface area (Å²) in [4.78, 5) is 10.2. The Kier molecular flexibility index (Phi) is 4.31. The van der Waals surface area contributed by atoms with Gasteiger partial charge in [0, 0.05) is 24.8 Å². The lowest BCUT2D eigenvalue weighted by molar-refractivity contribution is -0.384. The molecule has 1 aromatic rings. The van der Waals surface area contributed by atoms with Gasteiger partial charge in [-0.3, -0.25) is 10.1 Å². The van der Waals surface area contributed by atoms with Crippen molar-refractivity contribution < 1.29 is 14.1 Å². The van der Waals surface area contributed by atoms with Gasteiger partial charge in [-0.05, 0) is 25.3 Å². The summed E-state index contributed by atoms with van der Waals surface area (Å²) in [5.41, 5.74) is 0.0824. The summed E-state index contributed by atoms with van der Waals surface area (Å²) in [5, 5.41) is 13.7. The first-order chi connectivity index (χ1) is 9.10. The molecule has 6 heteroatoms. The summed E-state index contributed by atoms with van der Waals surface area (Å²) in [5.74, 6) is -0.467. The second kappa shape index (κ2) is 5.97. The predicted octanol–water partition coefficient (Wildman–Crippen LogP) is 3.10.